The minimum absolute atomic E-state index is 0.0524. The van der Waals surface area contributed by atoms with Gasteiger partial charge in [0.1, 0.15) is 0 Å². The number of benzene rings is 2. The summed E-state index contributed by atoms with van der Waals surface area (Å²) in [6.45, 7) is 8.13. The van der Waals surface area contributed by atoms with Crippen LogP contribution in [0.2, 0.25) is 5.02 Å². The van der Waals surface area contributed by atoms with Crippen molar-refractivity contribution in [3.05, 3.63) is 58.6 Å². The van der Waals surface area contributed by atoms with E-state index in [0.29, 0.717) is 10.6 Å². The van der Waals surface area contributed by atoms with Gasteiger partial charge in [-0.25, -0.2) is 0 Å². The van der Waals surface area contributed by atoms with Crippen molar-refractivity contribution in [3.63, 3.8) is 0 Å². The Hall–Kier alpha value is -1.60. The van der Waals surface area contributed by atoms with Gasteiger partial charge in [0, 0.05) is 10.6 Å². The molecule has 0 amide bonds. The zero-order valence-electron chi connectivity index (χ0n) is 12.3. The van der Waals surface area contributed by atoms with E-state index in [1.54, 1.807) is 19.1 Å². The van der Waals surface area contributed by atoms with Crippen molar-refractivity contribution in [2.24, 2.45) is 0 Å². The fourth-order valence-electron chi connectivity index (χ4n) is 2.21. The van der Waals surface area contributed by atoms with Crippen LogP contribution in [0.1, 0.15) is 43.6 Å². The maximum absolute atomic E-state index is 11.7. The van der Waals surface area contributed by atoms with Crippen LogP contribution in [0.25, 0.3) is 11.1 Å². The number of halogens is 1. The van der Waals surface area contributed by atoms with Gasteiger partial charge in [-0.1, -0.05) is 56.6 Å². The molecule has 0 saturated carbocycles. The average molecular weight is 287 g/mol. The van der Waals surface area contributed by atoms with Crippen LogP contribution in [0.15, 0.2) is 42.5 Å². The van der Waals surface area contributed by atoms with Gasteiger partial charge >= 0.3 is 0 Å². The lowest BCUT2D eigenvalue weighted by atomic mass is 9.86. The molecule has 0 radical (unpaired) electrons. The Balaban J connectivity index is 2.52. The Morgan fingerprint density at radius 2 is 1.60 bits per heavy atom. The van der Waals surface area contributed by atoms with Crippen molar-refractivity contribution >= 4 is 17.4 Å². The molecule has 0 saturated heterocycles. The van der Waals surface area contributed by atoms with Gasteiger partial charge in [-0.2, -0.15) is 0 Å². The maximum atomic E-state index is 11.7. The fourth-order valence-corrected chi connectivity index (χ4v) is 2.38. The highest BCUT2D eigenvalue weighted by Gasteiger charge is 2.14. The van der Waals surface area contributed by atoms with Crippen molar-refractivity contribution in [1.29, 1.82) is 0 Å². The van der Waals surface area contributed by atoms with Crippen LogP contribution in [0.4, 0.5) is 0 Å². The molecule has 2 rings (SSSR count). The quantitative estimate of drug-likeness (QED) is 0.666. The van der Waals surface area contributed by atoms with Crippen molar-refractivity contribution < 1.29 is 4.79 Å². The Bertz CT molecular complexity index is 633. The molecular formula is C18H19ClO. The zero-order valence-corrected chi connectivity index (χ0v) is 13.1. The molecule has 20 heavy (non-hydrogen) atoms. The van der Waals surface area contributed by atoms with Crippen LogP contribution in [0.3, 0.4) is 0 Å². The van der Waals surface area contributed by atoms with Crippen LogP contribution in [-0.4, -0.2) is 5.78 Å². The summed E-state index contributed by atoms with van der Waals surface area (Å²) >= 11 is 6.06. The van der Waals surface area contributed by atoms with E-state index in [1.165, 1.54) is 5.56 Å². The summed E-state index contributed by atoms with van der Waals surface area (Å²) in [6, 6.07) is 13.7. The highest BCUT2D eigenvalue weighted by molar-refractivity contribution is 6.31. The van der Waals surface area contributed by atoms with E-state index in [-0.39, 0.29) is 11.2 Å². The first-order chi connectivity index (χ1) is 9.29. The summed E-state index contributed by atoms with van der Waals surface area (Å²) in [4.78, 5) is 11.7. The number of ketones is 1. The predicted octanol–water partition coefficient (Wildman–Crippen LogP) is 5.51. The second-order valence-electron chi connectivity index (χ2n) is 6.07. The van der Waals surface area contributed by atoms with E-state index in [2.05, 4.69) is 45.0 Å². The number of rotatable bonds is 2. The smallest absolute Gasteiger partial charge is 0.160 e. The summed E-state index contributed by atoms with van der Waals surface area (Å²) in [5.41, 5.74) is 4.01. The molecule has 0 aliphatic rings. The molecule has 0 aliphatic carbocycles. The Morgan fingerprint density at radius 1 is 1.00 bits per heavy atom. The molecule has 0 spiro atoms. The predicted molar refractivity (Wildman–Crippen MR) is 85.6 cm³/mol. The maximum Gasteiger partial charge on any atom is 0.160 e. The standard InChI is InChI=1S/C18H19ClO/c1-12(20)16-10-9-15(19)11-17(16)13-5-7-14(8-6-13)18(2,3)4/h5-11H,1-4H3. The van der Waals surface area contributed by atoms with Crippen molar-refractivity contribution in [3.8, 4) is 11.1 Å². The Morgan fingerprint density at radius 3 is 2.10 bits per heavy atom. The van der Waals surface area contributed by atoms with Gasteiger partial charge in [-0.05, 0) is 47.2 Å². The number of hydrogen-bond acceptors (Lipinski definition) is 1. The number of Topliss-reactive ketones (excluding diaryl/α,β-unsaturated/α-hetero) is 1. The lowest BCUT2D eigenvalue weighted by Crippen LogP contribution is -2.10. The Labute approximate surface area is 125 Å². The molecule has 1 nitrogen and oxygen atoms in total. The summed E-state index contributed by atoms with van der Waals surface area (Å²) in [6.07, 6.45) is 0. The van der Waals surface area contributed by atoms with Gasteiger partial charge < -0.3 is 0 Å². The van der Waals surface area contributed by atoms with Crippen molar-refractivity contribution in [1.82, 2.24) is 0 Å². The SMILES string of the molecule is CC(=O)c1ccc(Cl)cc1-c1ccc(C(C)(C)C)cc1. The average Bonchev–Trinajstić information content (AvgIpc) is 2.37. The van der Waals surface area contributed by atoms with E-state index >= 15 is 0 Å². The molecule has 0 bridgehead atoms. The van der Waals surface area contributed by atoms with Gasteiger partial charge in [0.15, 0.2) is 5.78 Å². The monoisotopic (exact) mass is 286 g/mol. The zero-order chi connectivity index (χ0) is 14.9. The summed E-state index contributed by atoms with van der Waals surface area (Å²) < 4.78 is 0. The molecule has 0 heterocycles. The van der Waals surface area contributed by atoms with Crippen molar-refractivity contribution in [2.75, 3.05) is 0 Å². The van der Waals surface area contributed by atoms with Crippen LogP contribution in [0.5, 0.6) is 0 Å². The molecule has 2 aromatic carbocycles. The topological polar surface area (TPSA) is 17.1 Å². The second-order valence-corrected chi connectivity index (χ2v) is 6.51. The van der Waals surface area contributed by atoms with Crippen molar-refractivity contribution in [2.45, 2.75) is 33.1 Å². The van der Waals surface area contributed by atoms with E-state index in [0.717, 1.165) is 11.1 Å². The summed E-state index contributed by atoms with van der Waals surface area (Å²) in [5.74, 6) is 0.0524. The largest absolute Gasteiger partial charge is 0.294 e. The van der Waals surface area contributed by atoms with Gasteiger partial charge in [0.25, 0.3) is 0 Å². The van der Waals surface area contributed by atoms with Crippen LogP contribution in [-0.2, 0) is 5.41 Å². The molecule has 0 N–H and O–H groups in total. The van der Waals surface area contributed by atoms with Gasteiger partial charge in [-0.15, -0.1) is 0 Å². The molecule has 104 valence electrons. The molecule has 0 aromatic heterocycles. The minimum Gasteiger partial charge on any atom is -0.294 e. The normalized spacial score (nSPS) is 11.4. The second kappa shape index (κ2) is 5.41. The molecule has 0 aliphatic heterocycles. The molecule has 2 aromatic rings. The number of carbonyl (C=O) groups is 1. The summed E-state index contributed by atoms with van der Waals surface area (Å²) in [5, 5.41) is 0.643. The first-order valence-electron chi connectivity index (χ1n) is 6.70. The van der Waals surface area contributed by atoms with E-state index < -0.39 is 0 Å². The minimum atomic E-state index is 0.0524. The highest BCUT2D eigenvalue weighted by Crippen LogP contribution is 2.30. The van der Waals surface area contributed by atoms with Crippen LogP contribution in [0, 0.1) is 0 Å². The third-order valence-electron chi connectivity index (χ3n) is 3.42. The first-order valence-corrected chi connectivity index (χ1v) is 7.08. The Kier molecular flexibility index (Phi) is 4.01. The number of hydrogen-bond donors (Lipinski definition) is 0. The molecule has 0 unspecified atom stereocenters. The van der Waals surface area contributed by atoms with Gasteiger partial charge in [0.2, 0.25) is 0 Å². The third kappa shape index (κ3) is 3.10. The van der Waals surface area contributed by atoms with Gasteiger partial charge in [-0.3, -0.25) is 4.79 Å². The van der Waals surface area contributed by atoms with Crippen LogP contribution >= 0.6 is 11.6 Å². The number of carbonyl (C=O) groups excluding carboxylic acids is 1. The third-order valence-corrected chi connectivity index (χ3v) is 3.66. The van der Waals surface area contributed by atoms with Gasteiger partial charge in [0.05, 0.1) is 0 Å². The summed E-state index contributed by atoms with van der Waals surface area (Å²) in [7, 11) is 0. The lowest BCUT2D eigenvalue weighted by molar-refractivity contribution is 0.101. The van der Waals surface area contributed by atoms with E-state index in [9.17, 15) is 4.79 Å². The lowest BCUT2D eigenvalue weighted by Gasteiger charge is -2.19. The highest BCUT2D eigenvalue weighted by atomic mass is 35.5. The molecule has 2 heteroatoms. The van der Waals surface area contributed by atoms with E-state index in [1.807, 2.05) is 6.07 Å². The molecular weight excluding hydrogens is 268 g/mol. The fraction of sp³-hybridized carbons (Fsp3) is 0.278. The molecule has 0 fully saturated rings. The molecule has 0 atom stereocenters. The van der Waals surface area contributed by atoms with E-state index in [4.69, 9.17) is 11.6 Å². The van der Waals surface area contributed by atoms with Crippen LogP contribution < -0.4 is 0 Å². The first kappa shape index (κ1) is 14.8.